The van der Waals surface area contributed by atoms with Gasteiger partial charge in [0.2, 0.25) is 5.91 Å². The Hall–Kier alpha value is -0.620. The van der Waals surface area contributed by atoms with Crippen LogP contribution in [0.2, 0.25) is 0 Å². The van der Waals surface area contributed by atoms with E-state index in [2.05, 4.69) is 5.32 Å². The van der Waals surface area contributed by atoms with E-state index in [4.69, 9.17) is 5.73 Å². The van der Waals surface area contributed by atoms with Gasteiger partial charge < -0.3 is 11.1 Å². The molecule has 6 heteroatoms. The molecule has 0 aromatic heterocycles. The summed E-state index contributed by atoms with van der Waals surface area (Å²) in [5.41, 5.74) is 5.75. The standard InChI is InChI=1S/C11H24N2O3S/c1-6-8(2)9(12)10(14)13-7-11(3,4)17(5,15)16/h8-9H,6-7,12H2,1-5H3,(H,13,14)/t8-,9-/m0/s1. The lowest BCUT2D eigenvalue weighted by molar-refractivity contribution is -0.123. The summed E-state index contributed by atoms with van der Waals surface area (Å²) in [7, 11) is -3.21. The molecule has 17 heavy (non-hydrogen) atoms. The Bertz CT molecular complexity index is 363. The van der Waals surface area contributed by atoms with Crippen LogP contribution in [0.1, 0.15) is 34.1 Å². The van der Waals surface area contributed by atoms with Crippen LogP contribution in [0.3, 0.4) is 0 Å². The van der Waals surface area contributed by atoms with Crippen molar-refractivity contribution in [1.82, 2.24) is 5.32 Å². The van der Waals surface area contributed by atoms with Crippen molar-refractivity contribution in [2.45, 2.75) is 44.9 Å². The van der Waals surface area contributed by atoms with Crippen molar-refractivity contribution >= 4 is 15.7 Å². The van der Waals surface area contributed by atoms with Crippen LogP contribution in [0.15, 0.2) is 0 Å². The molecule has 0 fully saturated rings. The molecule has 0 spiro atoms. The third-order valence-corrected chi connectivity index (χ3v) is 5.40. The van der Waals surface area contributed by atoms with Crippen LogP contribution < -0.4 is 11.1 Å². The first-order valence-electron chi connectivity index (χ1n) is 5.75. The van der Waals surface area contributed by atoms with Crippen LogP contribution in [-0.4, -0.2) is 37.9 Å². The second-order valence-electron chi connectivity index (χ2n) is 5.16. The van der Waals surface area contributed by atoms with E-state index in [-0.39, 0.29) is 18.4 Å². The maximum Gasteiger partial charge on any atom is 0.237 e. The molecule has 0 bridgehead atoms. The van der Waals surface area contributed by atoms with Crippen molar-refractivity contribution in [2.75, 3.05) is 12.8 Å². The van der Waals surface area contributed by atoms with Gasteiger partial charge in [-0.25, -0.2) is 8.42 Å². The van der Waals surface area contributed by atoms with E-state index in [0.29, 0.717) is 0 Å². The zero-order valence-corrected chi connectivity index (χ0v) is 12.1. The van der Waals surface area contributed by atoms with Gasteiger partial charge in [0, 0.05) is 12.8 Å². The van der Waals surface area contributed by atoms with E-state index in [9.17, 15) is 13.2 Å². The molecule has 0 aliphatic carbocycles. The average Bonchev–Trinajstić information content (AvgIpc) is 2.22. The zero-order chi connectivity index (χ0) is 13.9. The van der Waals surface area contributed by atoms with Crippen LogP contribution in [0.4, 0.5) is 0 Å². The maximum absolute atomic E-state index is 11.7. The zero-order valence-electron chi connectivity index (χ0n) is 11.3. The summed E-state index contributed by atoms with van der Waals surface area (Å²) < 4.78 is 21.9. The Morgan fingerprint density at radius 1 is 1.41 bits per heavy atom. The normalized spacial score (nSPS) is 16.4. The minimum atomic E-state index is -3.21. The fourth-order valence-electron chi connectivity index (χ4n) is 1.06. The number of amides is 1. The van der Waals surface area contributed by atoms with Gasteiger partial charge in [0.05, 0.1) is 10.8 Å². The average molecular weight is 264 g/mol. The van der Waals surface area contributed by atoms with E-state index in [0.717, 1.165) is 12.7 Å². The second kappa shape index (κ2) is 5.82. The van der Waals surface area contributed by atoms with Crippen LogP contribution >= 0.6 is 0 Å². The molecule has 0 saturated carbocycles. The number of hydrogen-bond acceptors (Lipinski definition) is 4. The number of carbonyl (C=O) groups excluding carboxylic acids is 1. The third kappa shape index (κ3) is 4.63. The number of carbonyl (C=O) groups is 1. The Balaban J connectivity index is 4.45. The summed E-state index contributed by atoms with van der Waals surface area (Å²) in [4.78, 5) is 11.7. The molecular formula is C11H24N2O3S. The topological polar surface area (TPSA) is 89.3 Å². The lowest BCUT2D eigenvalue weighted by atomic mass is 9.99. The van der Waals surface area contributed by atoms with Gasteiger partial charge in [-0.2, -0.15) is 0 Å². The van der Waals surface area contributed by atoms with E-state index in [1.54, 1.807) is 13.8 Å². The highest BCUT2D eigenvalue weighted by Gasteiger charge is 2.31. The van der Waals surface area contributed by atoms with Gasteiger partial charge in [-0.15, -0.1) is 0 Å². The van der Waals surface area contributed by atoms with Gasteiger partial charge in [0.25, 0.3) is 0 Å². The van der Waals surface area contributed by atoms with Crippen LogP contribution in [-0.2, 0) is 14.6 Å². The van der Waals surface area contributed by atoms with E-state index < -0.39 is 20.6 Å². The number of hydrogen-bond donors (Lipinski definition) is 2. The van der Waals surface area contributed by atoms with Gasteiger partial charge in [-0.3, -0.25) is 4.79 Å². The van der Waals surface area contributed by atoms with Crippen molar-refractivity contribution in [3.63, 3.8) is 0 Å². The lowest BCUT2D eigenvalue weighted by Crippen LogP contribution is -2.50. The summed E-state index contributed by atoms with van der Waals surface area (Å²) in [6, 6.07) is -0.588. The van der Waals surface area contributed by atoms with E-state index in [1.165, 1.54) is 0 Å². The molecule has 0 heterocycles. The Labute approximate surface area is 104 Å². The molecule has 5 nitrogen and oxygen atoms in total. The smallest absolute Gasteiger partial charge is 0.237 e. The predicted molar refractivity (Wildman–Crippen MR) is 69.4 cm³/mol. The Morgan fingerprint density at radius 3 is 2.24 bits per heavy atom. The summed E-state index contributed by atoms with van der Waals surface area (Å²) >= 11 is 0. The van der Waals surface area contributed by atoms with Gasteiger partial charge in [0.15, 0.2) is 9.84 Å². The van der Waals surface area contributed by atoms with Crippen LogP contribution in [0.5, 0.6) is 0 Å². The maximum atomic E-state index is 11.7. The van der Waals surface area contributed by atoms with Gasteiger partial charge in [-0.1, -0.05) is 20.3 Å². The largest absolute Gasteiger partial charge is 0.353 e. The molecular weight excluding hydrogens is 240 g/mol. The minimum absolute atomic E-state index is 0.0782. The molecule has 0 radical (unpaired) electrons. The highest BCUT2D eigenvalue weighted by Crippen LogP contribution is 2.13. The summed E-state index contributed by atoms with van der Waals surface area (Å²) in [6.07, 6.45) is 1.97. The van der Waals surface area contributed by atoms with Gasteiger partial charge in [0.1, 0.15) is 0 Å². The second-order valence-corrected chi connectivity index (χ2v) is 7.81. The molecule has 0 aliphatic rings. The SMILES string of the molecule is CC[C@H](C)[C@H](N)C(=O)NCC(C)(C)S(C)(=O)=O. The molecule has 0 aliphatic heterocycles. The number of rotatable bonds is 6. The number of nitrogens with one attached hydrogen (secondary N) is 1. The lowest BCUT2D eigenvalue weighted by Gasteiger charge is -2.25. The molecule has 2 atom stereocenters. The Kier molecular flexibility index (Phi) is 5.61. The van der Waals surface area contributed by atoms with Crippen molar-refractivity contribution in [2.24, 2.45) is 11.7 Å². The van der Waals surface area contributed by atoms with Crippen molar-refractivity contribution in [3.05, 3.63) is 0 Å². The quantitative estimate of drug-likeness (QED) is 0.722. The fraction of sp³-hybridized carbons (Fsp3) is 0.909. The third-order valence-electron chi connectivity index (χ3n) is 3.25. The highest BCUT2D eigenvalue weighted by molar-refractivity contribution is 7.92. The summed E-state index contributed by atoms with van der Waals surface area (Å²) in [5, 5.41) is 2.60. The van der Waals surface area contributed by atoms with E-state index >= 15 is 0 Å². The molecule has 102 valence electrons. The number of sulfone groups is 1. The summed E-state index contributed by atoms with van der Waals surface area (Å²) in [5.74, 6) is -0.215. The van der Waals surface area contributed by atoms with Gasteiger partial charge in [-0.05, 0) is 19.8 Å². The van der Waals surface area contributed by atoms with Crippen molar-refractivity contribution in [1.29, 1.82) is 0 Å². The first-order chi connectivity index (χ1) is 7.53. The molecule has 0 rings (SSSR count). The fourth-order valence-corrected chi connectivity index (χ4v) is 1.40. The van der Waals surface area contributed by atoms with Gasteiger partial charge >= 0.3 is 0 Å². The minimum Gasteiger partial charge on any atom is -0.353 e. The molecule has 0 unspecified atom stereocenters. The summed E-state index contributed by atoms with van der Waals surface area (Å²) in [6.45, 7) is 7.09. The Morgan fingerprint density at radius 2 is 1.88 bits per heavy atom. The molecule has 0 aromatic carbocycles. The van der Waals surface area contributed by atoms with Crippen molar-refractivity contribution in [3.8, 4) is 0 Å². The van der Waals surface area contributed by atoms with Crippen LogP contribution in [0.25, 0.3) is 0 Å². The van der Waals surface area contributed by atoms with E-state index in [1.807, 2.05) is 13.8 Å². The first kappa shape index (κ1) is 16.4. The molecule has 1 amide bonds. The first-order valence-corrected chi connectivity index (χ1v) is 7.65. The van der Waals surface area contributed by atoms with Crippen LogP contribution in [0, 0.1) is 5.92 Å². The highest BCUT2D eigenvalue weighted by atomic mass is 32.2. The monoisotopic (exact) mass is 264 g/mol. The van der Waals surface area contributed by atoms with Crippen molar-refractivity contribution < 1.29 is 13.2 Å². The predicted octanol–water partition coefficient (Wildman–Crippen LogP) is 0.299. The number of nitrogens with two attached hydrogens (primary N) is 1. The molecule has 3 N–H and O–H groups in total. The molecule has 0 aromatic rings. The molecule has 0 saturated heterocycles.